The molecule has 0 saturated carbocycles. The highest BCUT2D eigenvalue weighted by atomic mass is 16.3. The molecular formula is C66H44N2O. The Hall–Kier alpha value is -9.18. The number of phenolic OH excluding ortho intramolecular Hbond substituents is 1. The molecule has 1 aromatic heterocycles. The van der Waals surface area contributed by atoms with Gasteiger partial charge in [-0.2, -0.15) is 0 Å². The molecule has 1 N–H and O–H groups in total. The van der Waals surface area contributed by atoms with Crippen LogP contribution in [0.3, 0.4) is 0 Å². The molecule has 0 saturated heterocycles. The molecule has 3 heteroatoms. The Kier molecular flexibility index (Phi) is 6.92. The van der Waals surface area contributed by atoms with E-state index in [0.29, 0.717) is 11.4 Å². The van der Waals surface area contributed by atoms with Gasteiger partial charge in [0.1, 0.15) is 5.75 Å². The zero-order valence-corrected chi connectivity index (χ0v) is 36.7. The Balaban J connectivity index is 0.973. The van der Waals surface area contributed by atoms with Crippen LogP contribution in [-0.2, 0) is 0 Å². The van der Waals surface area contributed by atoms with E-state index >= 15 is 0 Å². The second-order valence-electron chi connectivity index (χ2n) is 16.8. The normalized spacial score (nSPS) is 14.2. The molecule has 0 aliphatic carbocycles. The van der Waals surface area contributed by atoms with Gasteiger partial charge in [0.05, 0.1) is 28.9 Å². The largest absolute Gasteiger partial charge is 0.507 e. The second-order valence-corrected chi connectivity index (χ2v) is 16.8. The summed E-state index contributed by atoms with van der Waals surface area (Å²) < 4.78 is 120. The Bertz CT molecular complexity index is 4790. The summed E-state index contributed by atoms with van der Waals surface area (Å²) in [5.41, 5.74) is 5.38. The van der Waals surface area contributed by atoms with Gasteiger partial charge >= 0.3 is 0 Å². The fourth-order valence-electron chi connectivity index (χ4n) is 9.61. The lowest BCUT2D eigenvalue weighted by Gasteiger charge is -2.26. The molecule has 1 heterocycles. The second kappa shape index (κ2) is 16.6. The number of benzene rings is 12. The number of fused-ring (bicyclic) bond motifs is 7. The van der Waals surface area contributed by atoms with Crippen molar-refractivity contribution in [3.8, 4) is 55.9 Å². The van der Waals surface area contributed by atoms with Crippen molar-refractivity contribution >= 4 is 71.2 Å². The topological polar surface area (TPSA) is 28.4 Å². The van der Waals surface area contributed by atoms with Gasteiger partial charge < -0.3 is 14.6 Å². The van der Waals surface area contributed by atoms with Gasteiger partial charge in [-0.1, -0.05) is 188 Å². The van der Waals surface area contributed by atoms with Gasteiger partial charge in [-0.05, 0) is 138 Å². The summed E-state index contributed by atoms with van der Waals surface area (Å²) in [6, 6.07) is 51.1. The van der Waals surface area contributed by atoms with Crippen LogP contribution < -0.4 is 4.90 Å². The minimum absolute atomic E-state index is 0.172. The van der Waals surface area contributed by atoms with Crippen LogP contribution in [0.2, 0.25) is 0 Å². The Morgan fingerprint density at radius 1 is 0.333 bits per heavy atom. The van der Waals surface area contributed by atoms with Crippen molar-refractivity contribution in [2.75, 3.05) is 4.90 Å². The highest BCUT2D eigenvalue weighted by Gasteiger charge is 2.18. The molecule has 12 aromatic carbocycles. The molecule has 0 fully saturated rings. The molecule has 0 aliphatic rings. The van der Waals surface area contributed by atoms with Crippen molar-refractivity contribution < 1.29 is 22.9 Å². The SMILES string of the molecule is [2H]c1c([2H])c(-c2cc3c([2H])c([2H])c([2H])c([2H])c3c([2H])c2[2H])c(O)c(-c2c([2H])c([2H])c(N(c3ccc(-c4cccc(-n5c6ccccc6c6ccccc65)c4)cc3)c3ccc(-c4cc5ccccc5c5ccccc45)cc3)c([2H])c2[2H])c1[2H]. The number of anilines is 3. The fraction of sp³-hybridized carbons (Fsp3) is 0. The van der Waals surface area contributed by atoms with Gasteiger partial charge in [0.15, 0.2) is 0 Å². The zero-order chi connectivity index (χ0) is 57.2. The van der Waals surface area contributed by atoms with Crippen molar-refractivity contribution in [1.82, 2.24) is 4.57 Å². The van der Waals surface area contributed by atoms with Crippen LogP contribution >= 0.6 is 0 Å². The van der Waals surface area contributed by atoms with Gasteiger partial charge in [0.2, 0.25) is 0 Å². The quantitative estimate of drug-likeness (QED) is 0.154. The molecule has 0 radical (unpaired) electrons. The molecule has 0 bridgehead atoms. The van der Waals surface area contributed by atoms with Gasteiger partial charge in [0, 0.05) is 44.6 Å². The average Bonchev–Trinajstić information content (AvgIpc) is 3.94. The first kappa shape index (κ1) is 28.8. The summed E-state index contributed by atoms with van der Waals surface area (Å²) in [6.45, 7) is 0. The maximum atomic E-state index is 12.3. The van der Waals surface area contributed by atoms with Crippen molar-refractivity contribution in [2.24, 2.45) is 0 Å². The monoisotopic (exact) mass is 893 g/mol. The molecule has 0 atom stereocenters. The highest BCUT2D eigenvalue weighted by Crippen LogP contribution is 2.43. The molecule has 13 rings (SSSR count). The molecule has 0 amide bonds. The number of aromatic hydroxyl groups is 1. The first-order chi connectivity index (χ1) is 39.5. The molecular weight excluding hydrogens is 837 g/mol. The Labute approximate surface area is 418 Å². The van der Waals surface area contributed by atoms with E-state index in [1.807, 2.05) is 109 Å². The summed E-state index contributed by atoms with van der Waals surface area (Å²) in [7, 11) is 0. The van der Waals surface area contributed by atoms with E-state index in [2.05, 4.69) is 71.3 Å². The van der Waals surface area contributed by atoms with Crippen LogP contribution in [0, 0.1) is 0 Å². The summed E-state index contributed by atoms with van der Waals surface area (Å²) in [5, 5.41) is 18.4. The molecule has 0 unspecified atom stereocenters. The number of phenols is 1. The van der Waals surface area contributed by atoms with Crippen LogP contribution in [0.25, 0.3) is 104 Å². The number of hydrogen-bond donors (Lipinski definition) is 1. The number of nitrogens with zero attached hydrogens (tertiary/aromatic N) is 2. The smallest absolute Gasteiger partial charge is 0.131 e. The van der Waals surface area contributed by atoms with Crippen LogP contribution in [-0.4, -0.2) is 9.67 Å². The first-order valence-corrected chi connectivity index (χ1v) is 22.5. The molecule has 69 heavy (non-hydrogen) atoms. The Morgan fingerprint density at radius 3 is 1.62 bits per heavy atom. The van der Waals surface area contributed by atoms with E-state index in [-0.39, 0.29) is 22.0 Å². The van der Waals surface area contributed by atoms with Crippen LogP contribution in [0.4, 0.5) is 17.1 Å². The lowest BCUT2D eigenvalue weighted by molar-refractivity contribution is 0.479. The third-order valence-electron chi connectivity index (χ3n) is 12.9. The zero-order valence-electron chi connectivity index (χ0n) is 49.7. The predicted octanol–water partition coefficient (Wildman–Crippen LogP) is 18.1. The van der Waals surface area contributed by atoms with Crippen molar-refractivity contribution in [3.63, 3.8) is 0 Å². The highest BCUT2D eigenvalue weighted by molar-refractivity contribution is 6.14. The number of aromatic nitrogens is 1. The van der Waals surface area contributed by atoms with Crippen LogP contribution in [0.1, 0.15) is 17.8 Å². The van der Waals surface area contributed by atoms with E-state index in [9.17, 15) is 10.6 Å². The predicted molar refractivity (Wildman–Crippen MR) is 291 cm³/mol. The summed E-state index contributed by atoms with van der Waals surface area (Å²) in [4.78, 5) is 1.62. The number of rotatable bonds is 8. The molecule has 3 nitrogen and oxygen atoms in total. The number of hydrogen-bond acceptors (Lipinski definition) is 2. The molecule has 13 aromatic rings. The minimum atomic E-state index is -0.945. The minimum Gasteiger partial charge on any atom is -0.507 e. The lowest BCUT2D eigenvalue weighted by Crippen LogP contribution is -2.09. The van der Waals surface area contributed by atoms with Gasteiger partial charge in [-0.15, -0.1) is 0 Å². The van der Waals surface area contributed by atoms with E-state index < -0.39 is 101 Å². The van der Waals surface area contributed by atoms with E-state index in [0.717, 1.165) is 77.4 Å². The third-order valence-corrected chi connectivity index (χ3v) is 12.9. The first-order valence-electron chi connectivity index (χ1n) is 29.0. The summed E-state index contributed by atoms with van der Waals surface area (Å²) in [5.74, 6) is -0.945. The van der Waals surface area contributed by atoms with E-state index in [1.165, 1.54) is 0 Å². The lowest BCUT2D eigenvalue weighted by atomic mass is 9.93. The standard InChI is InChI=1S/C66H44N2O/c69-66-57(23-12-24-58(66)51-28-27-44-13-1-2-14-48(44)41-51)46-31-37-53(38-32-46)67(54-39-33-47(34-40-54)63-43-50-15-3-4-18-56(50)59-19-5-6-20-60(59)63)52-35-29-45(30-36-52)49-16-11-17-55(42-49)68-64-25-9-7-21-61(64)62-22-8-10-26-65(62)68/h1-43,69H/i1D,2D,12D,13D,14D,23D,24D,27D,28D,31D,32D,37D,38D. The Morgan fingerprint density at radius 2 is 0.913 bits per heavy atom. The maximum Gasteiger partial charge on any atom is 0.131 e. The average molecular weight is 894 g/mol. The van der Waals surface area contributed by atoms with Crippen molar-refractivity contribution in [3.05, 3.63) is 261 Å². The maximum absolute atomic E-state index is 12.3. The van der Waals surface area contributed by atoms with Crippen LogP contribution in [0.5, 0.6) is 5.75 Å². The number of para-hydroxylation sites is 3. The summed E-state index contributed by atoms with van der Waals surface area (Å²) in [6.07, 6.45) is 0. The summed E-state index contributed by atoms with van der Waals surface area (Å²) >= 11 is 0. The molecule has 324 valence electrons. The van der Waals surface area contributed by atoms with Gasteiger partial charge in [0.25, 0.3) is 0 Å². The van der Waals surface area contributed by atoms with Gasteiger partial charge in [-0.3, -0.25) is 0 Å². The molecule has 0 aliphatic heterocycles. The van der Waals surface area contributed by atoms with Crippen molar-refractivity contribution in [1.29, 1.82) is 0 Å². The van der Waals surface area contributed by atoms with E-state index in [4.69, 9.17) is 12.3 Å². The van der Waals surface area contributed by atoms with Crippen molar-refractivity contribution in [2.45, 2.75) is 0 Å². The van der Waals surface area contributed by atoms with E-state index in [1.54, 1.807) is 4.90 Å². The van der Waals surface area contributed by atoms with Gasteiger partial charge in [-0.25, -0.2) is 0 Å². The molecule has 0 spiro atoms. The van der Waals surface area contributed by atoms with Crippen LogP contribution in [0.15, 0.2) is 261 Å². The fourth-order valence-corrected chi connectivity index (χ4v) is 9.61. The third kappa shape index (κ3) is 6.99.